The van der Waals surface area contributed by atoms with Gasteiger partial charge in [0, 0.05) is 18.0 Å². The van der Waals surface area contributed by atoms with Crippen LogP contribution in [0, 0.1) is 0 Å². The fourth-order valence-electron chi connectivity index (χ4n) is 2.84. The van der Waals surface area contributed by atoms with E-state index >= 15 is 0 Å². The number of hydrogen-bond donors (Lipinski definition) is 0. The molecule has 3 rings (SSSR count). The predicted molar refractivity (Wildman–Crippen MR) is 103 cm³/mol. The highest BCUT2D eigenvalue weighted by atomic mass is 32.2. The van der Waals surface area contributed by atoms with E-state index in [0.29, 0.717) is 18.0 Å². The van der Waals surface area contributed by atoms with Gasteiger partial charge in [-0.3, -0.25) is 4.79 Å². The van der Waals surface area contributed by atoms with Crippen LogP contribution >= 0.6 is 11.3 Å². The van der Waals surface area contributed by atoms with Gasteiger partial charge in [-0.05, 0) is 55.7 Å². The Morgan fingerprint density at radius 1 is 1.07 bits per heavy atom. The van der Waals surface area contributed by atoms with E-state index in [2.05, 4.69) is 0 Å². The van der Waals surface area contributed by atoms with Gasteiger partial charge < -0.3 is 4.74 Å². The van der Waals surface area contributed by atoms with Crippen LogP contribution in [0.4, 0.5) is 0 Å². The van der Waals surface area contributed by atoms with Crippen molar-refractivity contribution < 1.29 is 22.7 Å². The van der Waals surface area contributed by atoms with Crippen LogP contribution in [0.5, 0.6) is 0 Å². The summed E-state index contributed by atoms with van der Waals surface area (Å²) in [5, 5.41) is 0. The predicted octanol–water partition coefficient (Wildman–Crippen LogP) is 3.13. The molecule has 6 nitrogen and oxygen atoms in total. The van der Waals surface area contributed by atoms with Gasteiger partial charge >= 0.3 is 5.97 Å². The summed E-state index contributed by atoms with van der Waals surface area (Å²) in [6.07, 6.45) is 2.58. The average Bonchev–Trinajstić information content (AvgIpc) is 3.38. The number of sulfonamides is 1. The second-order valence-electron chi connectivity index (χ2n) is 6.25. The van der Waals surface area contributed by atoms with E-state index in [1.54, 1.807) is 6.07 Å². The summed E-state index contributed by atoms with van der Waals surface area (Å²) in [7, 11) is -3.51. The minimum Gasteiger partial charge on any atom is -0.454 e. The lowest BCUT2D eigenvalue weighted by atomic mass is 10.2. The number of nitrogens with zero attached hydrogens (tertiary/aromatic N) is 1. The quantitative estimate of drug-likeness (QED) is 0.520. The molecule has 0 amide bonds. The average molecular weight is 408 g/mol. The smallest absolute Gasteiger partial charge is 0.338 e. The molecule has 0 N–H and O–H groups in total. The summed E-state index contributed by atoms with van der Waals surface area (Å²) >= 11 is 1.39. The second kappa shape index (κ2) is 8.33. The Hall–Kier alpha value is -2.03. The lowest BCUT2D eigenvalue weighted by molar-refractivity contribution is 0.0475. The Labute approximate surface area is 162 Å². The normalized spacial score (nSPS) is 15.0. The summed E-state index contributed by atoms with van der Waals surface area (Å²) in [6, 6.07) is 9.25. The van der Waals surface area contributed by atoms with Crippen LogP contribution in [0.15, 0.2) is 41.3 Å². The number of benzene rings is 1. The largest absolute Gasteiger partial charge is 0.454 e. The van der Waals surface area contributed by atoms with Gasteiger partial charge in [-0.1, -0.05) is 6.92 Å². The van der Waals surface area contributed by atoms with E-state index in [1.165, 1.54) is 39.9 Å². The van der Waals surface area contributed by atoms with E-state index in [0.717, 1.165) is 24.1 Å². The van der Waals surface area contributed by atoms with E-state index in [4.69, 9.17) is 4.74 Å². The number of ketones is 1. The molecule has 2 heterocycles. The van der Waals surface area contributed by atoms with Crippen molar-refractivity contribution in [2.45, 2.75) is 31.1 Å². The highest BCUT2D eigenvalue weighted by Crippen LogP contribution is 2.21. The molecular formula is C19H21NO5S2. The first-order valence-corrected chi connectivity index (χ1v) is 11.1. The Balaban J connectivity index is 1.61. The summed E-state index contributed by atoms with van der Waals surface area (Å²) in [5.74, 6) is -0.901. The molecule has 1 aliphatic rings. The maximum absolute atomic E-state index is 12.5. The number of ether oxygens (including phenoxy) is 1. The van der Waals surface area contributed by atoms with Gasteiger partial charge in [-0.15, -0.1) is 11.3 Å². The lowest BCUT2D eigenvalue weighted by Crippen LogP contribution is -2.27. The first-order valence-electron chi connectivity index (χ1n) is 8.81. The van der Waals surface area contributed by atoms with Crippen LogP contribution in [-0.2, 0) is 21.2 Å². The maximum Gasteiger partial charge on any atom is 0.338 e. The molecule has 1 fully saturated rings. The molecule has 1 saturated heterocycles. The third-order valence-electron chi connectivity index (χ3n) is 4.41. The summed E-state index contributed by atoms with van der Waals surface area (Å²) in [4.78, 5) is 26.0. The second-order valence-corrected chi connectivity index (χ2v) is 9.36. The van der Waals surface area contributed by atoms with Crippen molar-refractivity contribution in [3.63, 3.8) is 0 Å². The fraction of sp³-hybridized carbons (Fsp3) is 0.368. The van der Waals surface area contributed by atoms with Crippen molar-refractivity contribution >= 4 is 33.1 Å². The molecule has 2 aromatic rings. The van der Waals surface area contributed by atoms with Gasteiger partial charge in [0.25, 0.3) is 0 Å². The summed E-state index contributed by atoms with van der Waals surface area (Å²) in [5.41, 5.74) is 0.212. The van der Waals surface area contributed by atoms with Crippen molar-refractivity contribution in [3.8, 4) is 0 Å². The summed E-state index contributed by atoms with van der Waals surface area (Å²) < 4.78 is 31.5. The van der Waals surface area contributed by atoms with Crippen molar-refractivity contribution in [2.75, 3.05) is 19.7 Å². The SMILES string of the molecule is CCc1ccc(C(=O)COC(=O)c2ccc(S(=O)(=O)N3CCCC3)cc2)s1. The lowest BCUT2D eigenvalue weighted by Gasteiger charge is -2.15. The molecule has 144 valence electrons. The number of carbonyl (C=O) groups excluding carboxylic acids is 2. The number of Topliss-reactive ketones (excluding diaryl/α,β-unsaturated/α-hetero) is 1. The minimum atomic E-state index is -3.51. The maximum atomic E-state index is 12.5. The van der Waals surface area contributed by atoms with E-state index in [9.17, 15) is 18.0 Å². The van der Waals surface area contributed by atoms with Crippen LogP contribution in [-0.4, -0.2) is 44.2 Å². The third kappa shape index (κ3) is 4.45. The van der Waals surface area contributed by atoms with Crippen molar-refractivity contribution in [2.24, 2.45) is 0 Å². The molecule has 1 aromatic heterocycles. The molecule has 0 atom stereocenters. The van der Waals surface area contributed by atoms with Crippen molar-refractivity contribution in [3.05, 3.63) is 51.7 Å². The number of rotatable bonds is 7. The molecule has 27 heavy (non-hydrogen) atoms. The number of thiophene rings is 1. The molecule has 1 aliphatic heterocycles. The monoisotopic (exact) mass is 407 g/mol. The number of carbonyl (C=O) groups is 2. The van der Waals surface area contributed by atoms with E-state index < -0.39 is 16.0 Å². The van der Waals surface area contributed by atoms with Gasteiger partial charge in [0.15, 0.2) is 6.61 Å². The minimum absolute atomic E-state index is 0.155. The highest BCUT2D eigenvalue weighted by molar-refractivity contribution is 7.89. The Bertz CT molecular complexity index is 925. The number of aryl methyl sites for hydroxylation is 1. The standard InChI is InChI=1S/C19H21NO5S2/c1-2-15-7-10-18(26-15)17(21)13-25-19(22)14-5-8-16(9-6-14)27(23,24)20-11-3-4-12-20/h5-10H,2-4,11-13H2,1H3. The van der Waals surface area contributed by atoms with Crippen LogP contribution in [0.2, 0.25) is 0 Å². The molecule has 0 radical (unpaired) electrons. The molecule has 0 saturated carbocycles. The van der Waals surface area contributed by atoms with E-state index in [1.807, 2.05) is 13.0 Å². The summed E-state index contributed by atoms with van der Waals surface area (Å²) in [6.45, 7) is 2.72. The Morgan fingerprint density at radius 2 is 1.74 bits per heavy atom. The van der Waals surface area contributed by atoms with Crippen molar-refractivity contribution in [1.82, 2.24) is 4.31 Å². The molecule has 0 bridgehead atoms. The van der Waals surface area contributed by atoms with Gasteiger partial charge in [-0.25, -0.2) is 13.2 Å². The van der Waals surface area contributed by atoms with Crippen LogP contribution in [0.25, 0.3) is 0 Å². The Kier molecular flexibility index (Phi) is 6.08. The Morgan fingerprint density at radius 3 is 2.33 bits per heavy atom. The first-order chi connectivity index (χ1) is 12.9. The molecular weight excluding hydrogens is 386 g/mol. The molecule has 0 unspecified atom stereocenters. The molecule has 0 spiro atoms. The fourth-order valence-corrected chi connectivity index (χ4v) is 5.23. The van der Waals surface area contributed by atoms with Gasteiger partial charge in [-0.2, -0.15) is 4.31 Å². The van der Waals surface area contributed by atoms with Crippen LogP contribution < -0.4 is 0 Å². The topological polar surface area (TPSA) is 80.8 Å². The van der Waals surface area contributed by atoms with Crippen LogP contribution in [0.1, 0.15) is 44.7 Å². The number of esters is 1. The zero-order valence-corrected chi connectivity index (χ0v) is 16.6. The molecule has 1 aromatic carbocycles. The molecule has 0 aliphatic carbocycles. The molecule has 8 heteroatoms. The third-order valence-corrected chi connectivity index (χ3v) is 7.60. The highest BCUT2D eigenvalue weighted by Gasteiger charge is 2.27. The number of hydrogen-bond acceptors (Lipinski definition) is 6. The van der Waals surface area contributed by atoms with Crippen LogP contribution in [0.3, 0.4) is 0 Å². The van der Waals surface area contributed by atoms with E-state index in [-0.39, 0.29) is 22.8 Å². The van der Waals surface area contributed by atoms with Gasteiger partial charge in [0.2, 0.25) is 15.8 Å². The van der Waals surface area contributed by atoms with Gasteiger partial charge in [0.1, 0.15) is 0 Å². The first kappa shape index (κ1) is 19.7. The zero-order chi connectivity index (χ0) is 19.4. The zero-order valence-electron chi connectivity index (χ0n) is 15.0. The van der Waals surface area contributed by atoms with Crippen molar-refractivity contribution in [1.29, 1.82) is 0 Å². The van der Waals surface area contributed by atoms with Gasteiger partial charge in [0.05, 0.1) is 15.3 Å².